The second-order valence-electron chi connectivity index (χ2n) is 8.19. The maximum Gasteiger partial charge on any atom is 0.229 e. The highest BCUT2D eigenvalue weighted by Crippen LogP contribution is 2.32. The molecular weight excluding hydrogens is 346 g/mol. The number of nitrogens with zero attached hydrogens (tertiary/aromatic N) is 4. The Hall–Kier alpha value is -2.56. The number of hydrogen-bond acceptors (Lipinski definition) is 5. The maximum absolute atomic E-state index is 4.91. The van der Waals surface area contributed by atoms with E-state index in [0.29, 0.717) is 12.0 Å². The van der Waals surface area contributed by atoms with Gasteiger partial charge in [0.25, 0.3) is 0 Å². The summed E-state index contributed by atoms with van der Waals surface area (Å²) in [6, 6.07) is 9.27. The Morgan fingerprint density at radius 3 is 2.50 bits per heavy atom. The van der Waals surface area contributed by atoms with Gasteiger partial charge in [0.15, 0.2) is 0 Å². The zero-order valence-electron chi connectivity index (χ0n) is 16.5. The molecule has 1 saturated carbocycles. The zero-order chi connectivity index (χ0) is 18.8. The zero-order valence-corrected chi connectivity index (χ0v) is 16.5. The van der Waals surface area contributed by atoms with E-state index in [4.69, 9.17) is 4.98 Å². The Labute approximate surface area is 167 Å². The molecule has 1 saturated heterocycles. The molecule has 3 heterocycles. The third-order valence-corrected chi connectivity index (χ3v) is 6.28. The molecule has 3 aliphatic rings. The van der Waals surface area contributed by atoms with Crippen LogP contribution in [0.5, 0.6) is 0 Å². The summed E-state index contributed by atoms with van der Waals surface area (Å²) in [6.07, 6.45) is 15.5. The van der Waals surface area contributed by atoms with Gasteiger partial charge in [0.1, 0.15) is 5.82 Å². The first kappa shape index (κ1) is 17.5. The number of nitrogens with one attached hydrogen (secondary N) is 1. The van der Waals surface area contributed by atoms with Crippen LogP contribution in [0.1, 0.15) is 50.5 Å². The molecule has 2 aromatic rings. The van der Waals surface area contributed by atoms with Gasteiger partial charge in [-0.25, -0.2) is 4.98 Å². The minimum Gasteiger partial charge on any atom is -0.372 e. The molecule has 2 fully saturated rings. The third kappa shape index (κ3) is 3.58. The Kier molecular flexibility index (Phi) is 4.90. The van der Waals surface area contributed by atoms with Crippen LogP contribution in [0.25, 0.3) is 6.08 Å². The van der Waals surface area contributed by atoms with Gasteiger partial charge in [-0.05, 0) is 49.9 Å². The number of fused-ring (bicyclic) bond motifs is 1. The third-order valence-electron chi connectivity index (χ3n) is 6.28. The fourth-order valence-corrected chi connectivity index (χ4v) is 4.74. The van der Waals surface area contributed by atoms with Gasteiger partial charge in [0.2, 0.25) is 5.95 Å². The van der Waals surface area contributed by atoms with Crippen molar-refractivity contribution in [1.29, 1.82) is 0 Å². The van der Waals surface area contributed by atoms with Gasteiger partial charge in [-0.1, -0.05) is 31.4 Å². The second-order valence-corrected chi connectivity index (χ2v) is 8.19. The maximum atomic E-state index is 4.91. The Morgan fingerprint density at radius 1 is 0.929 bits per heavy atom. The minimum atomic E-state index is 0.611. The van der Waals surface area contributed by atoms with Gasteiger partial charge < -0.3 is 15.1 Å². The predicted molar refractivity (Wildman–Crippen MR) is 116 cm³/mol. The van der Waals surface area contributed by atoms with E-state index in [0.717, 1.165) is 23.6 Å². The largest absolute Gasteiger partial charge is 0.372 e. The van der Waals surface area contributed by atoms with Crippen molar-refractivity contribution in [2.45, 2.75) is 51.0 Å². The molecule has 1 N–H and O–H groups in total. The van der Waals surface area contributed by atoms with Crippen molar-refractivity contribution in [2.24, 2.45) is 0 Å². The highest BCUT2D eigenvalue weighted by Gasteiger charge is 2.25. The van der Waals surface area contributed by atoms with Crippen molar-refractivity contribution < 1.29 is 0 Å². The standard InChI is InChI=1S/C23H29N5/c1-2-8-21(9-3-1)28-16-6-7-18-17-24-23(26-22(18)28)25-19-10-12-20(13-11-19)27-14-4-5-15-27/h6-7,10-13,17,21H,1-5,8-9,14-16H2,(H,24,25,26). The van der Waals surface area contributed by atoms with Crippen LogP contribution >= 0.6 is 0 Å². The normalized spacial score (nSPS) is 19.7. The molecule has 1 aromatic carbocycles. The Morgan fingerprint density at radius 2 is 1.71 bits per heavy atom. The molecule has 0 radical (unpaired) electrons. The molecule has 1 aromatic heterocycles. The summed E-state index contributed by atoms with van der Waals surface area (Å²) in [5, 5.41) is 3.40. The molecule has 5 heteroatoms. The van der Waals surface area contributed by atoms with Crippen LogP contribution in [0.4, 0.5) is 23.1 Å². The minimum absolute atomic E-state index is 0.611. The Balaban J connectivity index is 1.34. The van der Waals surface area contributed by atoms with E-state index in [1.54, 1.807) is 0 Å². The molecule has 146 valence electrons. The van der Waals surface area contributed by atoms with Crippen molar-refractivity contribution in [3.05, 3.63) is 42.1 Å². The van der Waals surface area contributed by atoms with Crippen molar-refractivity contribution in [3.8, 4) is 0 Å². The van der Waals surface area contributed by atoms with E-state index in [9.17, 15) is 0 Å². The van der Waals surface area contributed by atoms with E-state index >= 15 is 0 Å². The highest BCUT2D eigenvalue weighted by molar-refractivity contribution is 5.70. The van der Waals surface area contributed by atoms with E-state index in [1.165, 1.54) is 63.7 Å². The van der Waals surface area contributed by atoms with Crippen molar-refractivity contribution in [2.75, 3.05) is 34.8 Å². The van der Waals surface area contributed by atoms with Crippen LogP contribution in [0.3, 0.4) is 0 Å². The van der Waals surface area contributed by atoms with Crippen molar-refractivity contribution >= 4 is 29.2 Å². The van der Waals surface area contributed by atoms with E-state index in [2.05, 4.69) is 56.5 Å². The average Bonchev–Trinajstić information content (AvgIpc) is 3.29. The summed E-state index contributed by atoms with van der Waals surface area (Å²) >= 11 is 0. The van der Waals surface area contributed by atoms with Gasteiger partial charge >= 0.3 is 0 Å². The second kappa shape index (κ2) is 7.82. The van der Waals surface area contributed by atoms with Crippen LogP contribution in [0.15, 0.2) is 36.5 Å². The Bertz CT molecular complexity index is 833. The molecule has 5 rings (SSSR count). The first-order valence-electron chi connectivity index (χ1n) is 10.8. The summed E-state index contributed by atoms with van der Waals surface area (Å²) in [4.78, 5) is 14.4. The molecule has 5 nitrogen and oxygen atoms in total. The first-order chi connectivity index (χ1) is 13.9. The van der Waals surface area contributed by atoms with Crippen molar-refractivity contribution in [3.63, 3.8) is 0 Å². The first-order valence-corrected chi connectivity index (χ1v) is 10.8. The number of hydrogen-bond donors (Lipinski definition) is 1. The van der Waals surface area contributed by atoms with Crippen LogP contribution < -0.4 is 15.1 Å². The van der Waals surface area contributed by atoms with Gasteiger partial charge in [-0.3, -0.25) is 0 Å². The van der Waals surface area contributed by atoms with E-state index in [1.807, 2.05) is 6.20 Å². The lowest BCUT2D eigenvalue weighted by atomic mass is 9.93. The smallest absolute Gasteiger partial charge is 0.229 e. The molecule has 28 heavy (non-hydrogen) atoms. The quantitative estimate of drug-likeness (QED) is 0.816. The molecule has 0 amide bonds. The van der Waals surface area contributed by atoms with Crippen LogP contribution in [-0.4, -0.2) is 35.6 Å². The average molecular weight is 376 g/mol. The number of rotatable bonds is 4. The van der Waals surface area contributed by atoms with Gasteiger partial charge in [-0.2, -0.15) is 4.98 Å². The van der Waals surface area contributed by atoms with Crippen LogP contribution in [0, 0.1) is 0 Å². The molecule has 0 bridgehead atoms. The highest BCUT2D eigenvalue weighted by atomic mass is 15.3. The van der Waals surface area contributed by atoms with Crippen LogP contribution in [-0.2, 0) is 0 Å². The van der Waals surface area contributed by atoms with Crippen LogP contribution in [0.2, 0.25) is 0 Å². The van der Waals surface area contributed by atoms with Gasteiger partial charge in [0.05, 0.1) is 0 Å². The SMILES string of the molecule is C1=Cc2cnc(Nc3ccc(N4CCCC4)cc3)nc2N(C2CCCCC2)C1. The topological polar surface area (TPSA) is 44.3 Å². The number of benzene rings is 1. The predicted octanol–water partition coefficient (Wildman–Crippen LogP) is 4.99. The number of aromatic nitrogens is 2. The summed E-state index contributed by atoms with van der Waals surface area (Å²) in [6.45, 7) is 3.30. The fraction of sp³-hybridized carbons (Fsp3) is 0.478. The van der Waals surface area contributed by atoms with E-state index < -0.39 is 0 Å². The fourth-order valence-electron chi connectivity index (χ4n) is 4.74. The molecule has 2 aliphatic heterocycles. The van der Waals surface area contributed by atoms with Crippen molar-refractivity contribution in [1.82, 2.24) is 9.97 Å². The summed E-state index contributed by atoms with van der Waals surface area (Å²) in [5.41, 5.74) is 3.48. The molecule has 0 unspecified atom stereocenters. The van der Waals surface area contributed by atoms with Gasteiger partial charge in [-0.15, -0.1) is 0 Å². The summed E-state index contributed by atoms with van der Waals surface area (Å²) in [5.74, 6) is 1.77. The molecule has 0 spiro atoms. The van der Waals surface area contributed by atoms with E-state index in [-0.39, 0.29) is 0 Å². The molecule has 0 atom stereocenters. The number of anilines is 4. The lowest BCUT2D eigenvalue weighted by molar-refractivity contribution is 0.419. The lowest BCUT2D eigenvalue weighted by Crippen LogP contribution is -2.39. The molecule has 1 aliphatic carbocycles. The summed E-state index contributed by atoms with van der Waals surface area (Å²) in [7, 11) is 0. The summed E-state index contributed by atoms with van der Waals surface area (Å²) < 4.78 is 0. The lowest BCUT2D eigenvalue weighted by Gasteiger charge is -2.37. The monoisotopic (exact) mass is 375 g/mol. The molecular formula is C23H29N5. The van der Waals surface area contributed by atoms with Gasteiger partial charge in [0, 0.05) is 48.8 Å².